The number of nitrogens with zero attached hydrogens (tertiary/aromatic N) is 3. The van der Waals surface area contributed by atoms with E-state index in [1.54, 1.807) is 19.4 Å². The van der Waals surface area contributed by atoms with Gasteiger partial charge in [0.2, 0.25) is 0 Å². The van der Waals surface area contributed by atoms with Crippen molar-refractivity contribution in [2.75, 3.05) is 58.4 Å². The summed E-state index contributed by atoms with van der Waals surface area (Å²) in [5.74, 6) is 0.680. The van der Waals surface area contributed by atoms with Gasteiger partial charge in [-0.15, -0.1) is 0 Å². The van der Waals surface area contributed by atoms with Crippen LogP contribution >= 0.6 is 0 Å². The number of pyridine rings is 1. The molecule has 0 bridgehead atoms. The number of likely N-dealkylation sites (N-methyl/N-ethyl adjacent to an activating group) is 1. The minimum absolute atomic E-state index is 0.0934. The van der Waals surface area contributed by atoms with Crippen LogP contribution in [0.5, 0.6) is 0 Å². The molecule has 1 aliphatic rings. The summed E-state index contributed by atoms with van der Waals surface area (Å²) in [5.41, 5.74) is 0.633. The molecule has 1 N–H and O–H groups in total. The Morgan fingerprint density at radius 1 is 1.40 bits per heavy atom. The number of methoxy groups -OCH3 is 1. The minimum atomic E-state index is -0.0934. The van der Waals surface area contributed by atoms with Crippen LogP contribution in [0.2, 0.25) is 0 Å². The van der Waals surface area contributed by atoms with E-state index in [4.69, 9.17) is 4.74 Å². The molecule has 2 heterocycles. The van der Waals surface area contributed by atoms with Crippen LogP contribution in [0.4, 0.5) is 5.82 Å². The van der Waals surface area contributed by atoms with E-state index >= 15 is 0 Å². The zero-order chi connectivity index (χ0) is 14.4. The molecule has 20 heavy (non-hydrogen) atoms. The van der Waals surface area contributed by atoms with Crippen molar-refractivity contribution in [2.24, 2.45) is 0 Å². The number of carbonyl (C=O) groups excluding carboxylic acids is 1. The Hall–Kier alpha value is -1.66. The maximum absolute atomic E-state index is 12.2. The first-order valence-electron chi connectivity index (χ1n) is 6.88. The van der Waals surface area contributed by atoms with Crippen molar-refractivity contribution in [1.29, 1.82) is 0 Å². The van der Waals surface area contributed by atoms with Gasteiger partial charge in [-0.3, -0.25) is 4.79 Å². The molecule has 6 nitrogen and oxygen atoms in total. The minimum Gasteiger partial charge on any atom is -0.383 e. The summed E-state index contributed by atoms with van der Waals surface area (Å²) in [4.78, 5) is 21.0. The lowest BCUT2D eigenvalue weighted by Crippen LogP contribution is -2.45. The van der Waals surface area contributed by atoms with Gasteiger partial charge >= 0.3 is 0 Å². The lowest BCUT2D eigenvalue weighted by Gasteiger charge is -2.34. The number of ether oxygens (including phenoxy) is 1. The number of aromatic nitrogens is 1. The number of nitrogens with one attached hydrogen (secondary N) is 1. The zero-order valence-corrected chi connectivity index (χ0v) is 12.1. The summed E-state index contributed by atoms with van der Waals surface area (Å²) >= 11 is 0. The van der Waals surface area contributed by atoms with Crippen LogP contribution in [-0.2, 0) is 4.74 Å². The molecule has 0 radical (unpaired) electrons. The lowest BCUT2D eigenvalue weighted by atomic mass is 10.2. The lowest BCUT2D eigenvalue weighted by molar-refractivity contribution is 0.0937. The third-order valence-corrected chi connectivity index (χ3v) is 3.43. The molecule has 0 spiro atoms. The number of hydrogen-bond acceptors (Lipinski definition) is 5. The van der Waals surface area contributed by atoms with Crippen molar-refractivity contribution in [3.63, 3.8) is 0 Å². The van der Waals surface area contributed by atoms with E-state index in [0.29, 0.717) is 18.7 Å². The van der Waals surface area contributed by atoms with Crippen molar-refractivity contribution >= 4 is 11.7 Å². The second-order valence-corrected chi connectivity index (χ2v) is 4.91. The molecule has 6 heteroatoms. The predicted octanol–water partition coefficient (Wildman–Crippen LogP) is 0.210. The number of carbonyl (C=O) groups is 1. The molecular weight excluding hydrogens is 256 g/mol. The Morgan fingerprint density at radius 2 is 2.15 bits per heavy atom. The molecule has 0 aromatic carbocycles. The molecule has 2 rings (SSSR count). The Balaban J connectivity index is 2.07. The molecule has 0 aliphatic carbocycles. The van der Waals surface area contributed by atoms with Crippen molar-refractivity contribution in [2.45, 2.75) is 0 Å². The van der Waals surface area contributed by atoms with Gasteiger partial charge in [0.05, 0.1) is 12.2 Å². The van der Waals surface area contributed by atoms with Crippen molar-refractivity contribution in [1.82, 2.24) is 15.2 Å². The second kappa shape index (κ2) is 7.21. The van der Waals surface area contributed by atoms with Crippen LogP contribution in [0.1, 0.15) is 10.4 Å². The Kier molecular flexibility index (Phi) is 5.31. The van der Waals surface area contributed by atoms with Crippen molar-refractivity contribution in [3.8, 4) is 0 Å². The number of piperazine rings is 1. The quantitative estimate of drug-likeness (QED) is 0.780. The molecule has 1 saturated heterocycles. The SMILES string of the molecule is COCCNC(=O)c1cccnc1N1CCN(C)CC1. The van der Waals surface area contributed by atoms with E-state index in [0.717, 1.165) is 32.0 Å². The van der Waals surface area contributed by atoms with Gasteiger partial charge in [-0.2, -0.15) is 0 Å². The predicted molar refractivity (Wildman–Crippen MR) is 78.2 cm³/mol. The van der Waals surface area contributed by atoms with Crippen LogP contribution in [-0.4, -0.2) is 69.3 Å². The molecule has 1 aliphatic heterocycles. The van der Waals surface area contributed by atoms with Gasteiger partial charge in [-0.1, -0.05) is 0 Å². The smallest absolute Gasteiger partial charge is 0.255 e. The molecule has 0 unspecified atom stereocenters. The van der Waals surface area contributed by atoms with Gasteiger partial charge in [0, 0.05) is 46.0 Å². The zero-order valence-electron chi connectivity index (χ0n) is 12.1. The third-order valence-electron chi connectivity index (χ3n) is 3.43. The van der Waals surface area contributed by atoms with E-state index in [1.165, 1.54) is 0 Å². The first-order valence-corrected chi connectivity index (χ1v) is 6.88. The molecule has 0 atom stereocenters. The van der Waals surface area contributed by atoms with Crippen LogP contribution in [0.3, 0.4) is 0 Å². The van der Waals surface area contributed by atoms with Crippen molar-refractivity contribution < 1.29 is 9.53 Å². The summed E-state index contributed by atoms with van der Waals surface area (Å²) in [6.45, 7) is 4.78. The molecule has 1 fully saturated rings. The van der Waals surface area contributed by atoms with Gasteiger partial charge in [0.25, 0.3) is 5.91 Å². The molecule has 1 aromatic rings. The monoisotopic (exact) mass is 278 g/mol. The fourth-order valence-corrected chi connectivity index (χ4v) is 2.21. The highest BCUT2D eigenvalue weighted by Gasteiger charge is 2.20. The fraction of sp³-hybridized carbons (Fsp3) is 0.571. The maximum Gasteiger partial charge on any atom is 0.255 e. The normalized spacial score (nSPS) is 16.2. The van der Waals surface area contributed by atoms with Gasteiger partial charge in [0.1, 0.15) is 5.82 Å². The summed E-state index contributed by atoms with van der Waals surface area (Å²) in [6.07, 6.45) is 1.74. The average molecular weight is 278 g/mol. The number of amides is 1. The summed E-state index contributed by atoms with van der Waals surface area (Å²) in [7, 11) is 3.72. The average Bonchev–Trinajstić information content (AvgIpc) is 2.48. The standard InChI is InChI=1S/C14H22N4O2/c1-17-7-9-18(10-8-17)13-12(4-3-5-15-13)14(19)16-6-11-20-2/h3-5H,6-11H2,1-2H3,(H,16,19). The molecule has 1 aromatic heterocycles. The largest absolute Gasteiger partial charge is 0.383 e. The third kappa shape index (κ3) is 3.68. The second-order valence-electron chi connectivity index (χ2n) is 4.91. The summed E-state index contributed by atoms with van der Waals surface area (Å²) in [6, 6.07) is 3.62. The highest BCUT2D eigenvalue weighted by Crippen LogP contribution is 2.18. The topological polar surface area (TPSA) is 57.7 Å². The van der Waals surface area contributed by atoms with Gasteiger partial charge in [-0.25, -0.2) is 4.98 Å². The van der Waals surface area contributed by atoms with E-state index < -0.39 is 0 Å². The number of anilines is 1. The van der Waals surface area contributed by atoms with Crippen molar-refractivity contribution in [3.05, 3.63) is 23.9 Å². The van der Waals surface area contributed by atoms with E-state index in [2.05, 4.69) is 27.1 Å². The summed E-state index contributed by atoms with van der Waals surface area (Å²) < 4.78 is 4.94. The van der Waals surface area contributed by atoms with Crippen LogP contribution in [0, 0.1) is 0 Å². The fourth-order valence-electron chi connectivity index (χ4n) is 2.21. The molecule has 1 amide bonds. The Labute approximate surface area is 119 Å². The highest BCUT2D eigenvalue weighted by molar-refractivity contribution is 5.98. The van der Waals surface area contributed by atoms with E-state index in [9.17, 15) is 4.79 Å². The number of hydrogen-bond donors (Lipinski definition) is 1. The van der Waals surface area contributed by atoms with Crippen LogP contribution < -0.4 is 10.2 Å². The van der Waals surface area contributed by atoms with Gasteiger partial charge in [-0.05, 0) is 19.2 Å². The summed E-state index contributed by atoms with van der Waals surface area (Å²) in [5, 5.41) is 2.85. The van der Waals surface area contributed by atoms with Gasteiger partial charge < -0.3 is 19.9 Å². The Bertz CT molecular complexity index is 445. The first-order chi connectivity index (χ1) is 9.72. The first kappa shape index (κ1) is 14.7. The number of rotatable bonds is 5. The molecular formula is C14H22N4O2. The van der Waals surface area contributed by atoms with E-state index in [-0.39, 0.29) is 5.91 Å². The maximum atomic E-state index is 12.2. The highest BCUT2D eigenvalue weighted by atomic mass is 16.5. The van der Waals surface area contributed by atoms with E-state index in [1.807, 2.05) is 6.07 Å². The van der Waals surface area contributed by atoms with Gasteiger partial charge in [0.15, 0.2) is 0 Å². The molecule has 110 valence electrons. The van der Waals surface area contributed by atoms with Crippen LogP contribution in [0.25, 0.3) is 0 Å². The molecule has 0 saturated carbocycles. The van der Waals surface area contributed by atoms with Crippen LogP contribution in [0.15, 0.2) is 18.3 Å². The Morgan fingerprint density at radius 3 is 2.85 bits per heavy atom.